The number of nitrogens with zero attached hydrogens (tertiary/aromatic N) is 2. The molecule has 0 aliphatic heterocycles. The summed E-state index contributed by atoms with van der Waals surface area (Å²) in [5.74, 6) is 1.66. The quantitative estimate of drug-likeness (QED) is 0.607. The van der Waals surface area contributed by atoms with Gasteiger partial charge in [0.15, 0.2) is 0 Å². The van der Waals surface area contributed by atoms with Gasteiger partial charge in [0.1, 0.15) is 12.2 Å². The number of H-pyrrole nitrogens is 1. The SMILES string of the molecule is CC(NC(=O)CCCSc1ccccc1)c1ncn[nH]1. The molecular weight excluding hydrogens is 272 g/mol. The molecule has 5 nitrogen and oxygen atoms in total. The summed E-state index contributed by atoms with van der Waals surface area (Å²) in [7, 11) is 0. The lowest BCUT2D eigenvalue weighted by molar-refractivity contribution is -0.121. The number of amides is 1. The summed E-state index contributed by atoms with van der Waals surface area (Å²) >= 11 is 1.77. The molecule has 0 fully saturated rings. The highest BCUT2D eigenvalue weighted by atomic mass is 32.2. The van der Waals surface area contributed by atoms with E-state index in [1.165, 1.54) is 11.2 Å². The van der Waals surface area contributed by atoms with E-state index in [2.05, 4.69) is 32.6 Å². The predicted octanol–water partition coefficient (Wildman–Crippen LogP) is 2.55. The van der Waals surface area contributed by atoms with Crippen molar-refractivity contribution in [2.45, 2.75) is 30.7 Å². The molecule has 1 unspecified atom stereocenters. The molecule has 1 amide bonds. The Morgan fingerprint density at radius 1 is 1.40 bits per heavy atom. The molecule has 2 aromatic rings. The lowest BCUT2D eigenvalue weighted by Crippen LogP contribution is -2.27. The third-order valence-corrected chi connectivity index (χ3v) is 3.88. The van der Waals surface area contributed by atoms with Crippen molar-refractivity contribution in [1.82, 2.24) is 20.5 Å². The molecule has 20 heavy (non-hydrogen) atoms. The molecule has 0 bridgehead atoms. The van der Waals surface area contributed by atoms with Crippen LogP contribution in [0.2, 0.25) is 0 Å². The predicted molar refractivity (Wildman–Crippen MR) is 79.3 cm³/mol. The molecule has 0 aliphatic carbocycles. The summed E-state index contributed by atoms with van der Waals surface area (Å²) in [4.78, 5) is 17.0. The average Bonchev–Trinajstić information content (AvgIpc) is 2.99. The third kappa shape index (κ3) is 4.70. The van der Waals surface area contributed by atoms with Crippen LogP contribution in [0, 0.1) is 0 Å². The minimum absolute atomic E-state index is 0.0440. The highest BCUT2D eigenvalue weighted by Gasteiger charge is 2.11. The van der Waals surface area contributed by atoms with Gasteiger partial charge in [-0.2, -0.15) is 5.10 Å². The summed E-state index contributed by atoms with van der Waals surface area (Å²) in [6.45, 7) is 1.89. The smallest absolute Gasteiger partial charge is 0.220 e. The number of carbonyl (C=O) groups excluding carboxylic acids is 1. The molecule has 0 radical (unpaired) electrons. The second-order valence-electron chi connectivity index (χ2n) is 4.42. The number of hydrogen-bond acceptors (Lipinski definition) is 4. The maximum atomic E-state index is 11.8. The van der Waals surface area contributed by atoms with Gasteiger partial charge < -0.3 is 5.32 Å². The Bertz CT molecular complexity index is 515. The van der Waals surface area contributed by atoms with Crippen LogP contribution < -0.4 is 5.32 Å². The van der Waals surface area contributed by atoms with E-state index in [9.17, 15) is 4.79 Å². The fourth-order valence-electron chi connectivity index (χ4n) is 1.75. The van der Waals surface area contributed by atoms with Crippen molar-refractivity contribution in [3.05, 3.63) is 42.5 Å². The first-order valence-electron chi connectivity index (χ1n) is 6.58. The van der Waals surface area contributed by atoms with Gasteiger partial charge in [0, 0.05) is 11.3 Å². The number of aromatic nitrogens is 3. The van der Waals surface area contributed by atoms with E-state index in [1.54, 1.807) is 11.8 Å². The topological polar surface area (TPSA) is 70.7 Å². The Hall–Kier alpha value is -1.82. The van der Waals surface area contributed by atoms with Crippen LogP contribution in [0.25, 0.3) is 0 Å². The van der Waals surface area contributed by atoms with Gasteiger partial charge in [0.2, 0.25) is 5.91 Å². The monoisotopic (exact) mass is 290 g/mol. The van der Waals surface area contributed by atoms with Gasteiger partial charge in [-0.05, 0) is 31.2 Å². The van der Waals surface area contributed by atoms with Crippen LogP contribution in [0.15, 0.2) is 41.6 Å². The molecule has 0 aliphatic rings. The summed E-state index contributed by atoms with van der Waals surface area (Å²) in [5.41, 5.74) is 0. The van der Waals surface area contributed by atoms with Crippen LogP contribution in [0.1, 0.15) is 31.6 Å². The lowest BCUT2D eigenvalue weighted by atomic mass is 10.2. The van der Waals surface area contributed by atoms with Crippen molar-refractivity contribution in [2.24, 2.45) is 0 Å². The molecule has 1 atom stereocenters. The highest BCUT2D eigenvalue weighted by Crippen LogP contribution is 2.18. The summed E-state index contributed by atoms with van der Waals surface area (Å²) < 4.78 is 0. The molecule has 6 heteroatoms. The fourth-order valence-corrected chi connectivity index (χ4v) is 2.62. The number of carbonyl (C=O) groups is 1. The van der Waals surface area contributed by atoms with Crippen LogP contribution in [0.5, 0.6) is 0 Å². The van der Waals surface area contributed by atoms with E-state index in [0.29, 0.717) is 12.2 Å². The van der Waals surface area contributed by atoms with E-state index in [1.807, 2.05) is 25.1 Å². The molecule has 1 heterocycles. The van der Waals surface area contributed by atoms with E-state index in [0.717, 1.165) is 12.2 Å². The van der Waals surface area contributed by atoms with Gasteiger partial charge in [-0.15, -0.1) is 11.8 Å². The zero-order valence-corrected chi connectivity index (χ0v) is 12.2. The van der Waals surface area contributed by atoms with Crippen LogP contribution in [0.3, 0.4) is 0 Å². The van der Waals surface area contributed by atoms with E-state index < -0.39 is 0 Å². The minimum atomic E-state index is -0.133. The zero-order valence-electron chi connectivity index (χ0n) is 11.4. The zero-order chi connectivity index (χ0) is 14.2. The van der Waals surface area contributed by atoms with Crippen molar-refractivity contribution in [1.29, 1.82) is 0 Å². The Morgan fingerprint density at radius 2 is 2.20 bits per heavy atom. The summed E-state index contributed by atoms with van der Waals surface area (Å²) in [5, 5.41) is 9.42. The fraction of sp³-hybridized carbons (Fsp3) is 0.357. The first-order chi connectivity index (χ1) is 9.75. The van der Waals surface area contributed by atoms with Gasteiger partial charge in [0.05, 0.1) is 6.04 Å². The Kier molecular flexibility index (Phi) is 5.61. The van der Waals surface area contributed by atoms with Gasteiger partial charge >= 0.3 is 0 Å². The van der Waals surface area contributed by atoms with Gasteiger partial charge in [-0.3, -0.25) is 9.89 Å². The van der Waals surface area contributed by atoms with Crippen LogP contribution in [-0.2, 0) is 4.79 Å². The molecule has 0 saturated heterocycles. The largest absolute Gasteiger partial charge is 0.346 e. The summed E-state index contributed by atoms with van der Waals surface area (Å²) in [6.07, 6.45) is 2.82. The van der Waals surface area contributed by atoms with Crippen LogP contribution in [-0.4, -0.2) is 26.8 Å². The van der Waals surface area contributed by atoms with E-state index in [-0.39, 0.29) is 11.9 Å². The van der Waals surface area contributed by atoms with Gasteiger partial charge in [-0.1, -0.05) is 18.2 Å². The van der Waals surface area contributed by atoms with Crippen LogP contribution >= 0.6 is 11.8 Å². The Labute approximate surface area is 122 Å². The number of nitrogens with one attached hydrogen (secondary N) is 2. The maximum Gasteiger partial charge on any atom is 0.220 e. The average molecular weight is 290 g/mol. The molecule has 1 aromatic carbocycles. The van der Waals surface area contributed by atoms with Gasteiger partial charge in [0.25, 0.3) is 0 Å². The lowest BCUT2D eigenvalue weighted by Gasteiger charge is -2.10. The molecule has 1 aromatic heterocycles. The number of aromatic amines is 1. The van der Waals surface area contributed by atoms with Gasteiger partial charge in [-0.25, -0.2) is 4.98 Å². The van der Waals surface area contributed by atoms with Crippen molar-refractivity contribution >= 4 is 17.7 Å². The number of rotatable bonds is 7. The van der Waals surface area contributed by atoms with Crippen LogP contribution in [0.4, 0.5) is 0 Å². The molecule has 0 spiro atoms. The molecule has 2 rings (SSSR count). The molecule has 106 valence electrons. The standard InChI is InChI=1S/C14H18N4OS/c1-11(14-15-10-16-18-14)17-13(19)8-5-9-20-12-6-3-2-4-7-12/h2-4,6-7,10-11H,5,8-9H2,1H3,(H,17,19)(H,15,16,18). The molecular formula is C14H18N4OS. The normalized spacial score (nSPS) is 12.1. The highest BCUT2D eigenvalue weighted by molar-refractivity contribution is 7.99. The Balaban J connectivity index is 1.63. The molecule has 2 N–H and O–H groups in total. The van der Waals surface area contributed by atoms with Crippen molar-refractivity contribution in [2.75, 3.05) is 5.75 Å². The Morgan fingerprint density at radius 3 is 2.90 bits per heavy atom. The maximum absolute atomic E-state index is 11.8. The number of thioether (sulfide) groups is 1. The minimum Gasteiger partial charge on any atom is -0.346 e. The third-order valence-electron chi connectivity index (χ3n) is 2.78. The first-order valence-corrected chi connectivity index (χ1v) is 7.57. The second kappa shape index (κ2) is 7.69. The van der Waals surface area contributed by atoms with Crippen molar-refractivity contribution in [3.63, 3.8) is 0 Å². The number of hydrogen-bond donors (Lipinski definition) is 2. The van der Waals surface area contributed by atoms with E-state index in [4.69, 9.17) is 0 Å². The molecule has 0 saturated carbocycles. The summed E-state index contributed by atoms with van der Waals surface area (Å²) in [6, 6.07) is 10.1. The second-order valence-corrected chi connectivity index (χ2v) is 5.59. The first kappa shape index (κ1) is 14.6. The van der Waals surface area contributed by atoms with Crippen molar-refractivity contribution < 1.29 is 4.79 Å². The number of benzene rings is 1. The van der Waals surface area contributed by atoms with Crippen molar-refractivity contribution in [3.8, 4) is 0 Å². The van der Waals surface area contributed by atoms with E-state index >= 15 is 0 Å².